The lowest BCUT2D eigenvalue weighted by Gasteiger charge is -2.12. The van der Waals surface area contributed by atoms with E-state index in [0.29, 0.717) is 23.1 Å². The summed E-state index contributed by atoms with van der Waals surface area (Å²) in [5, 5.41) is 0.314. The van der Waals surface area contributed by atoms with Crippen LogP contribution in [-0.2, 0) is 10.0 Å². The number of halogens is 1. The first-order chi connectivity index (χ1) is 11.0. The van der Waals surface area contributed by atoms with E-state index >= 15 is 0 Å². The van der Waals surface area contributed by atoms with Crippen molar-refractivity contribution >= 4 is 27.3 Å². The van der Waals surface area contributed by atoms with Crippen LogP contribution in [0.1, 0.15) is 13.3 Å². The normalized spacial score (nSPS) is 11.1. The molecule has 0 saturated carbocycles. The fourth-order valence-corrected chi connectivity index (χ4v) is 3.40. The van der Waals surface area contributed by atoms with Crippen LogP contribution in [0.25, 0.3) is 0 Å². The maximum absolute atomic E-state index is 12.5. The van der Waals surface area contributed by atoms with Gasteiger partial charge in [-0.25, -0.2) is 8.42 Å². The smallest absolute Gasteiger partial charge is 0.265 e. The van der Waals surface area contributed by atoms with Gasteiger partial charge in [-0.15, -0.1) is 0 Å². The number of rotatable bonds is 7. The second-order valence-electron chi connectivity index (χ2n) is 4.77. The van der Waals surface area contributed by atoms with Gasteiger partial charge in [-0.2, -0.15) is 0 Å². The summed E-state index contributed by atoms with van der Waals surface area (Å²) in [5.41, 5.74) is 0.427. The van der Waals surface area contributed by atoms with Crippen molar-refractivity contribution in [1.82, 2.24) is 0 Å². The fourth-order valence-electron chi connectivity index (χ4n) is 1.91. The third-order valence-corrected chi connectivity index (χ3v) is 4.63. The van der Waals surface area contributed by atoms with Crippen molar-refractivity contribution in [3.05, 3.63) is 47.5 Å². The van der Waals surface area contributed by atoms with E-state index in [9.17, 15) is 8.42 Å². The molecule has 0 saturated heterocycles. The van der Waals surface area contributed by atoms with E-state index in [1.165, 1.54) is 19.2 Å². The van der Waals surface area contributed by atoms with Gasteiger partial charge in [-0.3, -0.25) is 4.72 Å². The number of methoxy groups -OCH3 is 1. The molecule has 2 aromatic rings. The number of hydrogen-bond acceptors (Lipinski definition) is 4. The van der Waals surface area contributed by atoms with Crippen molar-refractivity contribution in [2.24, 2.45) is 0 Å². The van der Waals surface area contributed by atoms with Gasteiger partial charge in [0, 0.05) is 10.7 Å². The highest BCUT2D eigenvalue weighted by atomic mass is 35.5. The van der Waals surface area contributed by atoms with E-state index in [2.05, 4.69) is 4.72 Å². The van der Waals surface area contributed by atoms with Gasteiger partial charge in [-0.1, -0.05) is 18.5 Å². The number of hydrogen-bond donors (Lipinski definition) is 1. The van der Waals surface area contributed by atoms with Crippen molar-refractivity contribution < 1.29 is 17.9 Å². The summed E-state index contributed by atoms with van der Waals surface area (Å²) in [6.07, 6.45) is 0.906. The summed E-state index contributed by atoms with van der Waals surface area (Å²) < 4.78 is 38.1. The molecule has 2 rings (SSSR count). The van der Waals surface area contributed by atoms with Crippen molar-refractivity contribution in [3.8, 4) is 11.5 Å². The van der Waals surface area contributed by atoms with Crippen molar-refractivity contribution in [2.75, 3.05) is 18.4 Å². The number of ether oxygens (including phenoxy) is 2. The molecule has 2 aromatic carbocycles. The second-order valence-corrected chi connectivity index (χ2v) is 6.86. The third-order valence-electron chi connectivity index (χ3n) is 2.99. The lowest BCUT2D eigenvalue weighted by Crippen LogP contribution is -2.14. The number of anilines is 1. The Labute approximate surface area is 141 Å². The Bertz CT molecular complexity index is 760. The Hall–Kier alpha value is -1.92. The predicted octanol–water partition coefficient (Wildman–Crippen LogP) is 3.94. The van der Waals surface area contributed by atoms with Gasteiger partial charge in [-0.05, 0) is 48.9 Å². The van der Waals surface area contributed by atoms with Crippen LogP contribution in [0.3, 0.4) is 0 Å². The average molecular weight is 356 g/mol. The largest absolute Gasteiger partial charge is 0.495 e. The monoisotopic (exact) mass is 355 g/mol. The van der Waals surface area contributed by atoms with Crippen molar-refractivity contribution in [2.45, 2.75) is 18.2 Å². The van der Waals surface area contributed by atoms with Gasteiger partial charge in [0.2, 0.25) is 0 Å². The van der Waals surface area contributed by atoms with E-state index in [1.807, 2.05) is 6.92 Å². The van der Waals surface area contributed by atoms with Gasteiger partial charge < -0.3 is 9.47 Å². The van der Waals surface area contributed by atoms with E-state index in [1.54, 1.807) is 30.3 Å². The van der Waals surface area contributed by atoms with Gasteiger partial charge in [0.05, 0.1) is 13.7 Å². The molecule has 0 radical (unpaired) electrons. The van der Waals surface area contributed by atoms with Crippen LogP contribution in [0.5, 0.6) is 11.5 Å². The minimum atomic E-state index is -3.81. The zero-order valence-corrected chi connectivity index (χ0v) is 14.4. The molecular formula is C16H18ClNO4S. The first-order valence-corrected chi connectivity index (χ1v) is 8.91. The molecule has 5 nitrogen and oxygen atoms in total. The Kier molecular flexibility index (Phi) is 5.74. The molecule has 0 amide bonds. The Balaban J connectivity index is 2.23. The van der Waals surface area contributed by atoms with Crippen LogP contribution in [-0.4, -0.2) is 22.1 Å². The third kappa shape index (κ3) is 4.53. The molecule has 7 heteroatoms. The summed E-state index contributed by atoms with van der Waals surface area (Å²) in [4.78, 5) is -0.0150. The van der Waals surface area contributed by atoms with Gasteiger partial charge >= 0.3 is 0 Å². The number of sulfonamides is 1. The zero-order chi connectivity index (χ0) is 16.9. The van der Waals surface area contributed by atoms with Crippen LogP contribution in [0.2, 0.25) is 5.02 Å². The van der Waals surface area contributed by atoms with E-state index in [0.717, 1.165) is 6.42 Å². The van der Waals surface area contributed by atoms with Gasteiger partial charge in [0.25, 0.3) is 10.0 Å². The lowest BCUT2D eigenvalue weighted by molar-refractivity contribution is 0.317. The quantitative estimate of drug-likeness (QED) is 0.817. The lowest BCUT2D eigenvalue weighted by atomic mass is 10.3. The van der Waals surface area contributed by atoms with Crippen LogP contribution < -0.4 is 14.2 Å². The second kappa shape index (κ2) is 7.57. The average Bonchev–Trinajstić information content (AvgIpc) is 2.54. The highest BCUT2D eigenvalue weighted by Crippen LogP contribution is 2.29. The summed E-state index contributed by atoms with van der Waals surface area (Å²) in [6, 6.07) is 11.1. The zero-order valence-electron chi connectivity index (χ0n) is 12.9. The molecule has 0 unspecified atom stereocenters. The topological polar surface area (TPSA) is 64.6 Å². The number of nitrogens with one attached hydrogen (secondary N) is 1. The summed E-state index contributed by atoms with van der Waals surface area (Å²) >= 11 is 5.89. The Morgan fingerprint density at radius 1 is 1.13 bits per heavy atom. The predicted molar refractivity (Wildman–Crippen MR) is 91.0 cm³/mol. The van der Waals surface area contributed by atoms with Gasteiger partial charge in [0.15, 0.2) is 0 Å². The molecule has 1 N–H and O–H groups in total. The minimum Gasteiger partial charge on any atom is -0.495 e. The van der Waals surface area contributed by atoms with Crippen LogP contribution in [0.4, 0.5) is 5.69 Å². The Morgan fingerprint density at radius 3 is 2.43 bits per heavy atom. The molecule has 0 aliphatic heterocycles. The maximum atomic E-state index is 12.5. The summed E-state index contributed by atoms with van der Waals surface area (Å²) in [5.74, 6) is 0.917. The van der Waals surface area contributed by atoms with Crippen molar-refractivity contribution in [3.63, 3.8) is 0 Å². The molecule has 0 bridgehead atoms. The van der Waals surface area contributed by atoms with E-state index < -0.39 is 10.0 Å². The maximum Gasteiger partial charge on any atom is 0.265 e. The van der Waals surface area contributed by atoms with Crippen LogP contribution in [0.15, 0.2) is 47.4 Å². The molecule has 0 aromatic heterocycles. The van der Waals surface area contributed by atoms with Crippen LogP contribution >= 0.6 is 11.6 Å². The SMILES string of the molecule is CCCOc1ccc(NS(=O)(=O)c2cc(Cl)ccc2OC)cc1. The highest BCUT2D eigenvalue weighted by Gasteiger charge is 2.20. The number of benzene rings is 2. The summed E-state index contributed by atoms with van der Waals surface area (Å²) in [6.45, 7) is 2.63. The standard InChI is InChI=1S/C16H18ClNO4S/c1-3-10-22-14-7-5-13(6-8-14)18-23(19,20)16-11-12(17)4-9-15(16)21-2/h4-9,11,18H,3,10H2,1-2H3. The Morgan fingerprint density at radius 2 is 1.83 bits per heavy atom. The first-order valence-electron chi connectivity index (χ1n) is 7.05. The minimum absolute atomic E-state index is 0.0150. The summed E-state index contributed by atoms with van der Waals surface area (Å²) in [7, 11) is -2.40. The molecule has 0 heterocycles. The van der Waals surface area contributed by atoms with E-state index in [-0.39, 0.29) is 10.6 Å². The molecule has 0 aliphatic carbocycles. The highest BCUT2D eigenvalue weighted by molar-refractivity contribution is 7.92. The van der Waals surface area contributed by atoms with Crippen molar-refractivity contribution in [1.29, 1.82) is 0 Å². The fraction of sp³-hybridized carbons (Fsp3) is 0.250. The molecule has 0 fully saturated rings. The molecular weight excluding hydrogens is 338 g/mol. The first kappa shape index (κ1) is 17.4. The van der Waals surface area contributed by atoms with Crippen LogP contribution in [0, 0.1) is 0 Å². The van der Waals surface area contributed by atoms with Gasteiger partial charge in [0.1, 0.15) is 16.4 Å². The molecule has 0 spiro atoms. The molecule has 0 aliphatic rings. The molecule has 124 valence electrons. The molecule has 0 atom stereocenters. The molecule has 23 heavy (non-hydrogen) atoms. The van der Waals surface area contributed by atoms with E-state index in [4.69, 9.17) is 21.1 Å².